The molecule has 0 heterocycles. The summed E-state index contributed by atoms with van der Waals surface area (Å²) in [6, 6.07) is 0. The number of rotatable bonds is 5. The molecule has 3 nitrogen and oxygen atoms in total. The van der Waals surface area contributed by atoms with Crippen LogP contribution in [-0.4, -0.2) is 25.5 Å². The third-order valence-corrected chi connectivity index (χ3v) is 2.31. The fourth-order valence-corrected chi connectivity index (χ4v) is 1.13. The van der Waals surface area contributed by atoms with Gasteiger partial charge in [0.15, 0.2) is 0 Å². The zero-order chi connectivity index (χ0) is 9.03. The van der Waals surface area contributed by atoms with Crippen molar-refractivity contribution in [2.24, 2.45) is 5.41 Å². The lowest BCUT2D eigenvalue weighted by Gasteiger charge is -2.09. The van der Waals surface area contributed by atoms with E-state index in [1.54, 1.807) is 0 Å². The molecular weight excluding hydrogens is 152 g/mol. The standard InChI is InChI=1S/C9H18N2O/c1-3-11-8(12)6-10-7-9(2)4-5-9/h10H,3-7H2,1-2H3,(H,11,12). The fourth-order valence-electron chi connectivity index (χ4n) is 1.13. The van der Waals surface area contributed by atoms with Gasteiger partial charge in [-0.05, 0) is 25.2 Å². The molecule has 0 aromatic carbocycles. The zero-order valence-electron chi connectivity index (χ0n) is 7.94. The second-order valence-corrected chi connectivity index (χ2v) is 3.87. The first-order valence-electron chi connectivity index (χ1n) is 4.64. The van der Waals surface area contributed by atoms with Crippen LogP contribution in [0.3, 0.4) is 0 Å². The Morgan fingerprint density at radius 3 is 2.67 bits per heavy atom. The second kappa shape index (κ2) is 3.90. The summed E-state index contributed by atoms with van der Waals surface area (Å²) in [6.45, 7) is 6.34. The number of carbonyl (C=O) groups is 1. The normalized spacial score (nSPS) is 18.8. The minimum absolute atomic E-state index is 0.0988. The summed E-state index contributed by atoms with van der Waals surface area (Å²) < 4.78 is 0. The smallest absolute Gasteiger partial charge is 0.233 e. The molecule has 1 amide bonds. The van der Waals surface area contributed by atoms with Gasteiger partial charge in [-0.15, -0.1) is 0 Å². The Bertz CT molecular complexity index is 164. The molecule has 12 heavy (non-hydrogen) atoms. The van der Waals surface area contributed by atoms with E-state index in [9.17, 15) is 4.79 Å². The van der Waals surface area contributed by atoms with Gasteiger partial charge in [0.25, 0.3) is 0 Å². The van der Waals surface area contributed by atoms with Crippen LogP contribution in [0, 0.1) is 5.41 Å². The van der Waals surface area contributed by atoms with E-state index in [4.69, 9.17) is 0 Å². The Hall–Kier alpha value is -0.570. The van der Waals surface area contributed by atoms with Gasteiger partial charge < -0.3 is 10.6 Å². The first-order chi connectivity index (χ1) is 5.66. The number of hydrogen-bond acceptors (Lipinski definition) is 2. The van der Waals surface area contributed by atoms with Crippen molar-refractivity contribution in [2.45, 2.75) is 26.7 Å². The average molecular weight is 170 g/mol. The van der Waals surface area contributed by atoms with Gasteiger partial charge in [0.05, 0.1) is 6.54 Å². The van der Waals surface area contributed by atoms with Crippen LogP contribution in [0.5, 0.6) is 0 Å². The summed E-state index contributed by atoms with van der Waals surface area (Å²) in [5.41, 5.74) is 0.493. The van der Waals surface area contributed by atoms with Crippen LogP contribution >= 0.6 is 0 Å². The number of nitrogens with one attached hydrogen (secondary N) is 2. The highest BCUT2D eigenvalue weighted by Crippen LogP contribution is 2.43. The maximum Gasteiger partial charge on any atom is 0.233 e. The molecule has 1 rings (SSSR count). The number of likely N-dealkylation sites (N-methyl/N-ethyl adjacent to an activating group) is 1. The minimum Gasteiger partial charge on any atom is -0.355 e. The molecule has 0 saturated heterocycles. The van der Waals surface area contributed by atoms with Gasteiger partial charge in [-0.1, -0.05) is 6.92 Å². The molecule has 1 aliphatic carbocycles. The van der Waals surface area contributed by atoms with Gasteiger partial charge >= 0.3 is 0 Å². The number of carbonyl (C=O) groups excluding carboxylic acids is 1. The van der Waals surface area contributed by atoms with Gasteiger partial charge in [0, 0.05) is 13.1 Å². The molecule has 0 aromatic heterocycles. The van der Waals surface area contributed by atoms with E-state index in [-0.39, 0.29) is 5.91 Å². The Balaban J connectivity index is 1.98. The molecule has 0 atom stereocenters. The van der Waals surface area contributed by atoms with Crippen molar-refractivity contribution < 1.29 is 4.79 Å². The van der Waals surface area contributed by atoms with E-state index in [1.807, 2.05) is 6.92 Å². The molecule has 0 aromatic rings. The topological polar surface area (TPSA) is 41.1 Å². The van der Waals surface area contributed by atoms with E-state index in [1.165, 1.54) is 12.8 Å². The lowest BCUT2D eigenvalue weighted by Crippen LogP contribution is -2.35. The second-order valence-electron chi connectivity index (χ2n) is 3.87. The maximum atomic E-state index is 11.0. The summed E-state index contributed by atoms with van der Waals surface area (Å²) >= 11 is 0. The van der Waals surface area contributed by atoms with Crippen LogP contribution in [0.4, 0.5) is 0 Å². The maximum absolute atomic E-state index is 11.0. The molecule has 0 aliphatic heterocycles. The molecular formula is C9H18N2O. The van der Waals surface area contributed by atoms with Gasteiger partial charge in [0.1, 0.15) is 0 Å². The summed E-state index contributed by atoms with van der Waals surface area (Å²) in [7, 11) is 0. The summed E-state index contributed by atoms with van der Waals surface area (Å²) in [6.07, 6.45) is 2.60. The quantitative estimate of drug-likeness (QED) is 0.631. The Morgan fingerprint density at radius 1 is 1.50 bits per heavy atom. The van der Waals surface area contributed by atoms with Crippen molar-refractivity contribution in [2.75, 3.05) is 19.6 Å². The van der Waals surface area contributed by atoms with Crippen LogP contribution in [0.15, 0.2) is 0 Å². The van der Waals surface area contributed by atoms with Crippen molar-refractivity contribution in [1.29, 1.82) is 0 Å². The van der Waals surface area contributed by atoms with E-state index in [0.717, 1.165) is 13.1 Å². The lowest BCUT2D eigenvalue weighted by molar-refractivity contribution is -0.120. The SMILES string of the molecule is CCNC(=O)CNCC1(C)CC1. The van der Waals surface area contributed by atoms with E-state index in [2.05, 4.69) is 17.6 Å². The largest absolute Gasteiger partial charge is 0.355 e. The van der Waals surface area contributed by atoms with Crippen molar-refractivity contribution in [3.05, 3.63) is 0 Å². The van der Waals surface area contributed by atoms with Gasteiger partial charge in [-0.2, -0.15) is 0 Å². The fraction of sp³-hybridized carbons (Fsp3) is 0.889. The Labute approximate surface area is 73.9 Å². The van der Waals surface area contributed by atoms with Crippen LogP contribution in [-0.2, 0) is 4.79 Å². The monoisotopic (exact) mass is 170 g/mol. The highest BCUT2D eigenvalue weighted by Gasteiger charge is 2.36. The van der Waals surface area contributed by atoms with Gasteiger partial charge in [0.2, 0.25) is 5.91 Å². The molecule has 0 radical (unpaired) electrons. The van der Waals surface area contributed by atoms with Crippen LogP contribution in [0.1, 0.15) is 26.7 Å². The third-order valence-electron chi connectivity index (χ3n) is 2.31. The Kier molecular flexibility index (Phi) is 3.09. The van der Waals surface area contributed by atoms with Crippen molar-refractivity contribution >= 4 is 5.91 Å². The predicted molar refractivity (Wildman–Crippen MR) is 48.9 cm³/mol. The van der Waals surface area contributed by atoms with E-state index >= 15 is 0 Å². The highest BCUT2D eigenvalue weighted by molar-refractivity contribution is 5.77. The van der Waals surface area contributed by atoms with Crippen molar-refractivity contribution in [3.63, 3.8) is 0 Å². The van der Waals surface area contributed by atoms with Crippen LogP contribution < -0.4 is 10.6 Å². The van der Waals surface area contributed by atoms with Gasteiger partial charge in [-0.3, -0.25) is 4.79 Å². The molecule has 3 heteroatoms. The number of hydrogen-bond donors (Lipinski definition) is 2. The van der Waals surface area contributed by atoms with Crippen molar-refractivity contribution in [3.8, 4) is 0 Å². The first-order valence-corrected chi connectivity index (χ1v) is 4.64. The molecule has 1 saturated carbocycles. The molecule has 1 aliphatic rings. The summed E-state index contributed by atoms with van der Waals surface area (Å²) in [5.74, 6) is 0.0988. The molecule has 0 unspecified atom stereocenters. The Morgan fingerprint density at radius 2 is 2.17 bits per heavy atom. The van der Waals surface area contributed by atoms with E-state index in [0.29, 0.717) is 12.0 Å². The molecule has 70 valence electrons. The van der Waals surface area contributed by atoms with Crippen LogP contribution in [0.25, 0.3) is 0 Å². The summed E-state index contributed by atoms with van der Waals surface area (Å²) in [4.78, 5) is 11.0. The first kappa shape index (κ1) is 9.52. The van der Waals surface area contributed by atoms with Gasteiger partial charge in [-0.25, -0.2) is 0 Å². The molecule has 0 spiro atoms. The lowest BCUT2D eigenvalue weighted by atomic mass is 10.1. The minimum atomic E-state index is 0.0988. The highest BCUT2D eigenvalue weighted by atomic mass is 16.1. The predicted octanol–water partition coefficient (Wildman–Crippen LogP) is 0.512. The van der Waals surface area contributed by atoms with E-state index < -0.39 is 0 Å². The third kappa shape index (κ3) is 3.22. The number of amides is 1. The molecule has 2 N–H and O–H groups in total. The molecule has 1 fully saturated rings. The van der Waals surface area contributed by atoms with Crippen molar-refractivity contribution in [1.82, 2.24) is 10.6 Å². The van der Waals surface area contributed by atoms with Crippen LogP contribution in [0.2, 0.25) is 0 Å². The average Bonchev–Trinajstić information content (AvgIpc) is 2.69. The zero-order valence-corrected chi connectivity index (χ0v) is 7.94. The molecule has 0 bridgehead atoms. The summed E-state index contributed by atoms with van der Waals surface area (Å²) in [5, 5.41) is 5.91.